The zero-order valence-corrected chi connectivity index (χ0v) is 12.9. The second-order valence-corrected chi connectivity index (χ2v) is 5.82. The largest absolute Gasteiger partial charge is 0.461 e. The molecule has 0 aliphatic heterocycles. The molecule has 0 bridgehead atoms. The number of ether oxygens (including phenoxy) is 1. The first-order valence-corrected chi connectivity index (χ1v) is 7.76. The third-order valence-corrected chi connectivity index (χ3v) is 3.87. The van der Waals surface area contributed by atoms with Crippen molar-refractivity contribution in [2.24, 2.45) is 0 Å². The molecule has 0 saturated heterocycles. The highest BCUT2D eigenvalue weighted by Gasteiger charge is 2.03. The second-order valence-electron chi connectivity index (χ2n) is 4.66. The smallest absolute Gasteiger partial charge is 0.333 e. The van der Waals surface area contributed by atoms with Crippen molar-refractivity contribution in [3.05, 3.63) is 66.7 Å². The molecular formula is C18H18O2S. The molecular weight excluding hydrogens is 280 g/mol. The van der Waals surface area contributed by atoms with Crippen LogP contribution in [0.4, 0.5) is 0 Å². The van der Waals surface area contributed by atoms with Crippen molar-refractivity contribution in [1.82, 2.24) is 0 Å². The van der Waals surface area contributed by atoms with Crippen molar-refractivity contribution >= 4 is 17.7 Å². The number of benzene rings is 2. The molecule has 0 saturated carbocycles. The van der Waals surface area contributed by atoms with Gasteiger partial charge in [-0.25, -0.2) is 4.79 Å². The Morgan fingerprint density at radius 1 is 1.05 bits per heavy atom. The summed E-state index contributed by atoms with van der Waals surface area (Å²) in [7, 11) is 0. The minimum atomic E-state index is -0.324. The number of esters is 1. The van der Waals surface area contributed by atoms with Crippen LogP contribution in [0.1, 0.15) is 6.92 Å². The fourth-order valence-electron chi connectivity index (χ4n) is 1.79. The summed E-state index contributed by atoms with van der Waals surface area (Å²) in [6, 6.07) is 18.7. The van der Waals surface area contributed by atoms with Gasteiger partial charge in [-0.05, 0) is 30.2 Å². The Kier molecular flexibility index (Phi) is 5.64. The molecule has 2 nitrogen and oxygen atoms in total. The quantitative estimate of drug-likeness (QED) is 0.338. The van der Waals surface area contributed by atoms with Gasteiger partial charge in [0.2, 0.25) is 0 Å². The van der Waals surface area contributed by atoms with Crippen LogP contribution in [0.15, 0.2) is 71.6 Å². The van der Waals surface area contributed by atoms with Crippen LogP contribution < -0.4 is 0 Å². The van der Waals surface area contributed by atoms with E-state index in [0.29, 0.717) is 12.2 Å². The van der Waals surface area contributed by atoms with Gasteiger partial charge in [0, 0.05) is 16.2 Å². The second kappa shape index (κ2) is 7.70. The Morgan fingerprint density at radius 2 is 1.67 bits per heavy atom. The highest BCUT2D eigenvalue weighted by Crippen LogP contribution is 2.23. The van der Waals surface area contributed by atoms with E-state index in [2.05, 4.69) is 43.0 Å². The van der Waals surface area contributed by atoms with Gasteiger partial charge in [-0.15, -0.1) is 11.8 Å². The average Bonchev–Trinajstić information content (AvgIpc) is 2.52. The molecule has 2 rings (SSSR count). The molecule has 21 heavy (non-hydrogen) atoms. The van der Waals surface area contributed by atoms with Crippen molar-refractivity contribution in [3.8, 4) is 11.1 Å². The van der Waals surface area contributed by atoms with E-state index in [4.69, 9.17) is 4.74 Å². The highest BCUT2D eigenvalue weighted by molar-refractivity contribution is 7.99. The van der Waals surface area contributed by atoms with Gasteiger partial charge < -0.3 is 4.74 Å². The molecule has 0 fully saturated rings. The summed E-state index contributed by atoms with van der Waals surface area (Å²) in [5.41, 5.74) is 2.85. The summed E-state index contributed by atoms with van der Waals surface area (Å²) in [4.78, 5) is 12.4. The van der Waals surface area contributed by atoms with Crippen LogP contribution in [0.25, 0.3) is 11.1 Å². The summed E-state index contributed by atoms with van der Waals surface area (Å²) in [5, 5.41) is 0. The molecule has 0 N–H and O–H groups in total. The topological polar surface area (TPSA) is 26.3 Å². The van der Waals surface area contributed by atoms with E-state index >= 15 is 0 Å². The maximum absolute atomic E-state index is 11.2. The number of hydrogen-bond donors (Lipinski definition) is 0. The van der Waals surface area contributed by atoms with Gasteiger partial charge in [0.15, 0.2) is 0 Å². The van der Waals surface area contributed by atoms with Crippen molar-refractivity contribution in [1.29, 1.82) is 0 Å². The van der Waals surface area contributed by atoms with Gasteiger partial charge in [-0.2, -0.15) is 0 Å². The number of rotatable bonds is 6. The lowest BCUT2D eigenvalue weighted by Gasteiger charge is -2.06. The molecule has 0 aliphatic carbocycles. The summed E-state index contributed by atoms with van der Waals surface area (Å²) in [6.07, 6.45) is 0. The SMILES string of the molecule is C=C(C)C(=O)OCCSc1ccc(-c2ccccc2)cc1. The van der Waals surface area contributed by atoms with Crippen molar-refractivity contribution in [2.45, 2.75) is 11.8 Å². The predicted molar refractivity (Wildman–Crippen MR) is 88.4 cm³/mol. The molecule has 0 heterocycles. The van der Waals surface area contributed by atoms with Crippen molar-refractivity contribution in [3.63, 3.8) is 0 Å². The van der Waals surface area contributed by atoms with Gasteiger partial charge in [0.1, 0.15) is 6.61 Å². The van der Waals surface area contributed by atoms with Crippen LogP contribution in [0.5, 0.6) is 0 Å². The van der Waals surface area contributed by atoms with Crippen LogP contribution in [-0.2, 0) is 9.53 Å². The van der Waals surface area contributed by atoms with E-state index in [1.165, 1.54) is 16.0 Å². The fraction of sp³-hybridized carbons (Fsp3) is 0.167. The van der Waals surface area contributed by atoms with Gasteiger partial charge in [0.25, 0.3) is 0 Å². The third kappa shape index (κ3) is 4.80. The zero-order valence-electron chi connectivity index (χ0n) is 12.0. The molecule has 0 aromatic heterocycles. The minimum Gasteiger partial charge on any atom is -0.461 e. The van der Waals surface area contributed by atoms with Crippen LogP contribution >= 0.6 is 11.8 Å². The molecule has 2 aromatic rings. The van der Waals surface area contributed by atoms with Gasteiger partial charge in [0.05, 0.1) is 0 Å². The normalized spacial score (nSPS) is 10.1. The lowest BCUT2D eigenvalue weighted by molar-refractivity contribution is -0.138. The molecule has 0 amide bonds. The summed E-state index contributed by atoms with van der Waals surface area (Å²) >= 11 is 1.67. The monoisotopic (exact) mass is 298 g/mol. The standard InChI is InChI=1S/C18H18O2S/c1-14(2)18(19)20-12-13-21-17-10-8-16(9-11-17)15-6-4-3-5-7-15/h3-11H,1,12-13H2,2H3. The summed E-state index contributed by atoms with van der Waals surface area (Å²) in [5.74, 6) is 0.416. The first-order chi connectivity index (χ1) is 10.2. The Bertz CT molecular complexity index is 603. The van der Waals surface area contributed by atoms with Gasteiger partial charge in [-0.1, -0.05) is 49.0 Å². The molecule has 0 radical (unpaired) electrons. The highest BCUT2D eigenvalue weighted by atomic mass is 32.2. The Labute approximate surface area is 129 Å². The average molecular weight is 298 g/mol. The van der Waals surface area contributed by atoms with Crippen LogP contribution in [-0.4, -0.2) is 18.3 Å². The first kappa shape index (κ1) is 15.4. The van der Waals surface area contributed by atoms with E-state index in [9.17, 15) is 4.79 Å². The number of thioether (sulfide) groups is 1. The molecule has 0 unspecified atom stereocenters. The van der Waals surface area contributed by atoms with Crippen LogP contribution in [0.3, 0.4) is 0 Å². The maximum atomic E-state index is 11.2. The molecule has 0 atom stereocenters. The molecule has 0 aliphatic rings. The van der Waals surface area contributed by atoms with Crippen LogP contribution in [0.2, 0.25) is 0 Å². The van der Waals surface area contributed by atoms with E-state index in [0.717, 1.165) is 5.75 Å². The van der Waals surface area contributed by atoms with E-state index < -0.39 is 0 Å². The minimum absolute atomic E-state index is 0.324. The molecule has 3 heteroatoms. The molecule has 108 valence electrons. The van der Waals surface area contributed by atoms with E-state index in [1.54, 1.807) is 18.7 Å². The third-order valence-electron chi connectivity index (χ3n) is 2.90. The molecule has 2 aromatic carbocycles. The Hall–Kier alpha value is -2.00. The fourth-order valence-corrected chi connectivity index (χ4v) is 2.52. The van der Waals surface area contributed by atoms with E-state index in [1.807, 2.05) is 18.2 Å². The van der Waals surface area contributed by atoms with Crippen molar-refractivity contribution < 1.29 is 9.53 Å². The van der Waals surface area contributed by atoms with E-state index in [-0.39, 0.29) is 5.97 Å². The predicted octanol–water partition coefficient (Wildman–Crippen LogP) is 4.57. The van der Waals surface area contributed by atoms with Crippen LogP contribution in [0, 0.1) is 0 Å². The summed E-state index contributed by atoms with van der Waals surface area (Å²) < 4.78 is 5.06. The lowest BCUT2D eigenvalue weighted by Crippen LogP contribution is -2.07. The van der Waals surface area contributed by atoms with Crippen molar-refractivity contribution in [2.75, 3.05) is 12.4 Å². The molecule has 0 spiro atoms. The first-order valence-electron chi connectivity index (χ1n) is 6.78. The zero-order chi connectivity index (χ0) is 15.1. The Balaban J connectivity index is 1.83. The number of carbonyl (C=O) groups is 1. The maximum Gasteiger partial charge on any atom is 0.333 e. The van der Waals surface area contributed by atoms with Gasteiger partial charge >= 0.3 is 5.97 Å². The number of carbonyl (C=O) groups excluding carboxylic acids is 1. The van der Waals surface area contributed by atoms with Gasteiger partial charge in [-0.3, -0.25) is 0 Å². The lowest BCUT2D eigenvalue weighted by atomic mass is 10.1. The number of hydrogen-bond acceptors (Lipinski definition) is 3. The Morgan fingerprint density at radius 3 is 2.29 bits per heavy atom. The summed E-state index contributed by atoms with van der Waals surface area (Å²) in [6.45, 7) is 5.60.